The molecular formula is C17H18N4O3S2. The van der Waals surface area contributed by atoms with E-state index in [1.165, 1.54) is 21.1 Å². The molecule has 3 heterocycles. The summed E-state index contributed by atoms with van der Waals surface area (Å²) in [6, 6.07) is 5.34. The van der Waals surface area contributed by atoms with Crippen molar-refractivity contribution in [3.05, 3.63) is 45.2 Å². The number of thioether (sulfide) groups is 1. The molecule has 7 nitrogen and oxygen atoms in total. The van der Waals surface area contributed by atoms with E-state index in [-0.39, 0.29) is 11.5 Å². The Labute approximate surface area is 160 Å². The summed E-state index contributed by atoms with van der Waals surface area (Å²) in [6.07, 6.45) is 3.99. The number of carbonyl (C=O) groups is 1. The Morgan fingerprint density at radius 2 is 2.19 bits per heavy atom. The molecule has 0 spiro atoms. The van der Waals surface area contributed by atoms with Crippen molar-refractivity contribution in [2.45, 2.75) is 6.42 Å². The average Bonchev–Trinajstić information content (AvgIpc) is 2.88. The minimum atomic E-state index is -0.244. The van der Waals surface area contributed by atoms with Gasteiger partial charge in [-0.1, -0.05) is 30.0 Å². The van der Waals surface area contributed by atoms with Crippen molar-refractivity contribution in [3.8, 4) is 0 Å². The van der Waals surface area contributed by atoms with E-state index in [1.807, 2.05) is 6.07 Å². The number of amides is 1. The molecule has 9 heteroatoms. The number of methoxy groups -OCH3 is 1. The van der Waals surface area contributed by atoms with Crippen LogP contribution in [0.4, 0.5) is 5.82 Å². The van der Waals surface area contributed by atoms with Gasteiger partial charge in [0.1, 0.15) is 15.8 Å². The number of hydrogen-bond acceptors (Lipinski definition) is 7. The molecule has 2 aromatic rings. The van der Waals surface area contributed by atoms with E-state index < -0.39 is 0 Å². The molecule has 1 N–H and O–H groups in total. The van der Waals surface area contributed by atoms with Crippen LogP contribution in [0.3, 0.4) is 0 Å². The van der Waals surface area contributed by atoms with Gasteiger partial charge in [-0.05, 0) is 24.6 Å². The normalized spacial score (nSPS) is 16.1. The molecule has 0 aromatic carbocycles. The zero-order valence-electron chi connectivity index (χ0n) is 14.4. The van der Waals surface area contributed by atoms with Crippen LogP contribution in [0.25, 0.3) is 11.7 Å². The van der Waals surface area contributed by atoms with E-state index in [2.05, 4.69) is 10.3 Å². The largest absolute Gasteiger partial charge is 0.385 e. The topological polar surface area (TPSA) is 75.9 Å². The fourth-order valence-electron chi connectivity index (χ4n) is 2.47. The molecule has 0 aliphatic carbocycles. The zero-order chi connectivity index (χ0) is 18.7. The monoisotopic (exact) mass is 390 g/mol. The highest BCUT2D eigenvalue weighted by molar-refractivity contribution is 8.26. The van der Waals surface area contributed by atoms with Crippen LogP contribution in [0.1, 0.15) is 12.0 Å². The number of aromatic nitrogens is 2. The lowest BCUT2D eigenvalue weighted by molar-refractivity contribution is -0.121. The van der Waals surface area contributed by atoms with Crippen LogP contribution < -0.4 is 10.9 Å². The van der Waals surface area contributed by atoms with Crippen molar-refractivity contribution in [1.82, 2.24) is 14.3 Å². The summed E-state index contributed by atoms with van der Waals surface area (Å²) in [5, 5.41) is 3.18. The number of carbonyl (C=O) groups excluding carboxylic acids is 1. The summed E-state index contributed by atoms with van der Waals surface area (Å²) in [5.41, 5.74) is 0.623. The zero-order valence-corrected chi connectivity index (χ0v) is 16.0. The van der Waals surface area contributed by atoms with E-state index in [0.717, 1.165) is 6.42 Å². The van der Waals surface area contributed by atoms with Gasteiger partial charge in [0.15, 0.2) is 0 Å². The molecule has 1 amide bonds. The van der Waals surface area contributed by atoms with Gasteiger partial charge in [-0.15, -0.1) is 0 Å². The summed E-state index contributed by atoms with van der Waals surface area (Å²) < 4.78 is 6.96. The highest BCUT2D eigenvalue weighted by Crippen LogP contribution is 2.31. The lowest BCUT2D eigenvalue weighted by Crippen LogP contribution is -2.23. The van der Waals surface area contributed by atoms with Crippen molar-refractivity contribution in [2.24, 2.45) is 0 Å². The minimum absolute atomic E-state index is 0.220. The molecule has 1 aliphatic rings. The molecule has 0 unspecified atom stereocenters. The van der Waals surface area contributed by atoms with Crippen LogP contribution in [0.15, 0.2) is 34.1 Å². The van der Waals surface area contributed by atoms with E-state index in [9.17, 15) is 9.59 Å². The van der Waals surface area contributed by atoms with Gasteiger partial charge in [0.05, 0.1) is 10.5 Å². The van der Waals surface area contributed by atoms with E-state index in [4.69, 9.17) is 17.0 Å². The SMILES string of the molecule is COCCCNc1nc2ccccn2c(=O)c1/C=C1/SC(=S)N(C)C1=O. The molecule has 26 heavy (non-hydrogen) atoms. The standard InChI is InChI=1S/C17H18N4O3S2/c1-20-16(23)12(26-17(20)25)10-11-14(18-7-5-9-24-2)19-13-6-3-4-8-21(13)15(11)22/h3-4,6,8,10,18H,5,7,9H2,1-2H3/b12-10+. The number of likely N-dealkylation sites (N-methyl/N-ethyl adjacent to an activating group) is 1. The first-order valence-corrected chi connectivity index (χ1v) is 9.21. The van der Waals surface area contributed by atoms with Gasteiger partial charge in [0, 0.05) is 33.5 Å². The van der Waals surface area contributed by atoms with Gasteiger partial charge in [0.25, 0.3) is 11.5 Å². The van der Waals surface area contributed by atoms with Crippen molar-refractivity contribution >= 4 is 51.7 Å². The smallest absolute Gasteiger partial charge is 0.267 e. The quantitative estimate of drug-likeness (QED) is 0.459. The van der Waals surface area contributed by atoms with Gasteiger partial charge in [0.2, 0.25) is 0 Å². The van der Waals surface area contributed by atoms with Gasteiger partial charge >= 0.3 is 0 Å². The van der Waals surface area contributed by atoms with Gasteiger partial charge in [-0.25, -0.2) is 4.98 Å². The molecule has 2 aromatic heterocycles. The number of nitrogens with zero attached hydrogens (tertiary/aromatic N) is 3. The number of fused-ring (bicyclic) bond motifs is 1. The van der Waals surface area contributed by atoms with E-state index in [0.29, 0.717) is 39.4 Å². The molecule has 1 fully saturated rings. The summed E-state index contributed by atoms with van der Waals surface area (Å²) in [4.78, 5) is 31.6. The third-order valence-corrected chi connectivity index (χ3v) is 5.33. The third-order valence-electron chi connectivity index (χ3n) is 3.85. The summed E-state index contributed by atoms with van der Waals surface area (Å²) in [6.45, 7) is 1.20. The van der Waals surface area contributed by atoms with Crippen molar-refractivity contribution in [2.75, 3.05) is 32.6 Å². The highest BCUT2D eigenvalue weighted by Gasteiger charge is 2.29. The Kier molecular flexibility index (Phi) is 5.70. The fourth-order valence-corrected chi connectivity index (χ4v) is 3.63. The van der Waals surface area contributed by atoms with Crippen LogP contribution in [0.2, 0.25) is 0 Å². The number of thiocarbonyl (C=S) groups is 1. The lowest BCUT2D eigenvalue weighted by Gasteiger charge is -2.11. The lowest BCUT2D eigenvalue weighted by atomic mass is 10.2. The maximum absolute atomic E-state index is 12.9. The third kappa shape index (κ3) is 3.64. The van der Waals surface area contributed by atoms with Crippen LogP contribution in [-0.4, -0.2) is 51.8 Å². The maximum Gasteiger partial charge on any atom is 0.267 e. The van der Waals surface area contributed by atoms with Crippen LogP contribution in [0, 0.1) is 0 Å². The molecule has 0 atom stereocenters. The molecule has 1 saturated heterocycles. The number of nitrogens with one attached hydrogen (secondary N) is 1. The van der Waals surface area contributed by atoms with Gasteiger partial charge < -0.3 is 10.1 Å². The average molecular weight is 390 g/mol. The number of hydrogen-bond donors (Lipinski definition) is 1. The first kappa shape index (κ1) is 18.6. The Bertz CT molecular complexity index is 955. The Morgan fingerprint density at radius 3 is 2.88 bits per heavy atom. The minimum Gasteiger partial charge on any atom is -0.385 e. The Balaban J connectivity index is 2.06. The summed E-state index contributed by atoms with van der Waals surface area (Å²) in [5.74, 6) is 0.224. The molecular weight excluding hydrogens is 372 g/mol. The summed E-state index contributed by atoms with van der Waals surface area (Å²) >= 11 is 6.33. The molecule has 3 rings (SSSR count). The number of anilines is 1. The second kappa shape index (κ2) is 7.98. The van der Waals surface area contributed by atoms with Crippen LogP contribution in [0.5, 0.6) is 0 Å². The first-order valence-electron chi connectivity index (χ1n) is 7.98. The van der Waals surface area contributed by atoms with Crippen LogP contribution >= 0.6 is 24.0 Å². The van der Waals surface area contributed by atoms with Crippen molar-refractivity contribution in [3.63, 3.8) is 0 Å². The molecule has 136 valence electrons. The number of rotatable bonds is 6. The second-order valence-corrected chi connectivity index (χ2v) is 7.30. The maximum atomic E-state index is 12.9. The number of pyridine rings is 1. The molecule has 0 radical (unpaired) electrons. The fraction of sp³-hybridized carbons (Fsp3) is 0.294. The van der Waals surface area contributed by atoms with Crippen molar-refractivity contribution < 1.29 is 9.53 Å². The Hall–Kier alpha value is -2.23. The van der Waals surface area contributed by atoms with Crippen LogP contribution in [-0.2, 0) is 9.53 Å². The highest BCUT2D eigenvalue weighted by atomic mass is 32.2. The summed E-state index contributed by atoms with van der Waals surface area (Å²) in [7, 11) is 3.26. The molecule has 0 bridgehead atoms. The molecule has 1 aliphatic heterocycles. The van der Waals surface area contributed by atoms with Gasteiger partial charge in [-0.3, -0.25) is 18.9 Å². The van der Waals surface area contributed by atoms with Crippen molar-refractivity contribution in [1.29, 1.82) is 0 Å². The number of ether oxygens (including phenoxy) is 1. The second-order valence-electron chi connectivity index (χ2n) is 5.62. The Morgan fingerprint density at radius 1 is 1.38 bits per heavy atom. The predicted octanol–water partition coefficient (Wildman–Crippen LogP) is 1.97. The first-order chi connectivity index (χ1) is 12.5. The van der Waals surface area contributed by atoms with E-state index in [1.54, 1.807) is 38.6 Å². The van der Waals surface area contributed by atoms with Gasteiger partial charge in [-0.2, -0.15) is 0 Å². The predicted molar refractivity (Wildman–Crippen MR) is 107 cm³/mol. The van der Waals surface area contributed by atoms with E-state index >= 15 is 0 Å². The molecule has 0 saturated carbocycles.